The Balaban J connectivity index is 1.86. The van der Waals surface area contributed by atoms with Crippen molar-refractivity contribution >= 4 is 5.97 Å². The van der Waals surface area contributed by atoms with E-state index in [0.717, 1.165) is 11.3 Å². The molecule has 2 aromatic carbocycles. The predicted octanol–water partition coefficient (Wildman–Crippen LogP) is 3.17. The van der Waals surface area contributed by atoms with Gasteiger partial charge in [-0.25, -0.2) is 4.39 Å². The summed E-state index contributed by atoms with van der Waals surface area (Å²) < 4.78 is 41.5. The van der Waals surface area contributed by atoms with Gasteiger partial charge in [-0.15, -0.1) is 0 Å². The standard InChI is InChI=1S/C20H21FO6/c1-23-15-6-3-13(4-7-15)12-27-19-16(20-25-9-10-26-20)8-5-14(18(19)21)11-17(22)24-2/h3-8,20H,9-12H2,1-2H3. The van der Waals surface area contributed by atoms with Gasteiger partial charge in [0, 0.05) is 5.56 Å². The van der Waals surface area contributed by atoms with Gasteiger partial charge in [0.05, 0.1) is 39.4 Å². The minimum atomic E-state index is -0.697. The zero-order valence-corrected chi connectivity index (χ0v) is 15.2. The van der Waals surface area contributed by atoms with Crippen LogP contribution in [0.5, 0.6) is 11.5 Å². The van der Waals surface area contributed by atoms with E-state index in [4.69, 9.17) is 18.9 Å². The van der Waals surface area contributed by atoms with E-state index in [0.29, 0.717) is 18.8 Å². The van der Waals surface area contributed by atoms with Crippen LogP contribution in [0.25, 0.3) is 0 Å². The molecule has 0 atom stereocenters. The molecule has 1 fully saturated rings. The number of benzene rings is 2. The molecule has 0 aromatic heterocycles. The summed E-state index contributed by atoms with van der Waals surface area (Å²) >= 11 is 0. The van der Waals surface area contributed by atoms with E-state index in [1.54, 1.807) is 25.3 Å². The van der Waals surface area contributed by atoms with Crippen molar-refractivity contribution in [3.05, 3.63) is 58.9 Å². The molecular weight excluding hydrogens is 355 g/mol. The molecule has 6 nitrogen and oxygen atoms in total. The molecule has 7 heteroatoms. The number of hydrogen-bond donors (Lipinski definition) is 0. The number of methoxy groups -OCH3 is 2. The Hall–Kier alpha value is -2.64. The molecule has 0 bridgehead atoms. The van der Waals surface area contributed by atoms with Gasteiger partial charge in [-0.05, 0) is 23.8 Å². The number of ether oxygens (including phenoxy) is 5. The maximum absolute atomic E-state index is 15.0. The van der Waals surface area contributed by atoms with Crippen LogP contribution in [0.4, 0.5) is 4.39 Å². The molecule has 1 aliphatic rings. The fourth-order valence-corrected chi connectivity index (χ4v) is 2.72. The van der Waals surface area contributed by atoms with Gasteiger partial charge >= 0.3 is 5.97 Å². The van der Waals surface area contributed by atoms with Crippen molar-refractivity contribution in [2.75, 3.05) is 27.4 Å². The quantitative estimate of drug-likeness (QED) is 0.692. The highest BCUT2D eigenvalue weighted by atomic mass is 19.1. The minimum absolute atomic E-state index is 0.0131. The van der Waals surface area contributed by atoms with Crippen LogP contribution in [0, 0.1) is 5.82 Å². The van der Waals surface area contributed by atoms with E-state index >= 15 is 4.39 Å². The first-order valence-electron chi connectivity index (χ1n) is 8.49. The average molecular weight is 376 g/mol. The van der Waals surface area contributed by atoms with Crippen LogP contribution in [0.15, 0.2) is 36.4 Å². The van der Waals surface area contributed by atoms with Crippen LogP contribution < -0.4 is 9.47 Å². The second-order valence-corrected chi connectivity index (χ2v) is 5.92. The molecule has 27 heavy (non-hydrogen) atoms. The number of carbonyl (C=O) groups excluding carboxylic acids is 1. The van der Waals surface area contributed by atoms with Gasteiger partial charge in [-0.1, -0.05) is 18.2 Å². The van der Waals surface area contributed by atoms with E-state index < -0.39 is 18.1 Å². The summed E-state index contributed by atoms with van der Waals surface area (Å²) in [6, 6.07) is 10.4. The van der Waals surface area contributed by atoms with Gasteiger partial charge in [-0.3, -0.25) is 4.79 Å². The highest BCUT2D eigenvalue weighted by molar-refractivity contribution is 5.72. The van der Waals surface area contributed by atoms with E-state index in [-0.39, 0.29) is 24.3 Å². The van der Waals surface area contributed by atoms with E-state index in [1.807, 2.05) is 12.1 Å². The fraction of sp³-hybridized carbons (Fsp3) is 0.350. The van der Waals surface area contributed by atoms with Crippen molar-refractivity contribution in [1.82, 2.24) is 0 Å². The van der Waals surface area contributed by atoms with Gasteiger partial charge in [0.25, 0.3) is 0 Å². The summed E-state index contributed by atoms with van der Waals surface area (Å²) in [4.78, 5) is 11.5. The lowest BCUT2D eigenvalue weighted by Gasteiger charge is -2.18. The molecule has 0 amide bonds. The smallest absolute Gasteiger partial charge is 0.310 e. The van der Waals surface area contributed by atoms with Crippen molar-refractivity contribution in [1.29, 1.82) is 0 Å². The molecule has 0 aliphatic carbocycles. The average Bonchev–Trinajstić information content (AvgIpc) is 3.23. The van der Waals surface area contributed by atoms with Crippen LogP contribution in [0.1, 0.15) is 23.0 Å². The third-order valence-corrected chi connectivity index (χ3v) is 4.19. The number of halogens is 1. The first-order valence-corrected chi connectivity index (χ1v) is 8.49. The maximum Gasteiger partial charge on any atom is 0.310 e. The number of carbonyl (C=O) groups is 1. The van der Waals surface area contributed by atoms with E-state index in [2.05, 4.69) is 4.74 Å². The highest BCUT2D eigenvalue weighted by Crippen LogP contribution is 2.35. The maximum atomic E-state index is 15.0. The zero-order chi connectivity index (χ0) is 19.2. The predicted molar refractivity (Wildman–Crippen MR) is 94.1 cm³/mol. The second-order valence-electron chi connectivity index (χ2n) is 5.92. The first kappa shape index (κ1) is 19.1. The first-order chi connectivity index (χ1) is 13.1. The Bertz CT molecular complexity index is 784. The summed E-state index contributed by atoms with van der Waals surface area (Å²) in [6.45, 7) is 0.991. The highest BCUT2D eigenvalue weighted by Gasteiger charge is 2.26. The third-order valence-electron chi connectivity index (χ3n) is 4.19. The van der Waals surface area contributed by atoms with E-state index in [1.165, 1.54) is 13.2 Å². The Morgan fingerprint density at radius 1 is 1.11 bits per heavy atom. The van der Waals surface area contributed by atoms with Crippen molar-refractivity contribution in [3.63, 3.8) is 0 Å². The van der Waals surface area contributed by atoms with Crippen LogP contribution in [-0.4, -0.2) is 33.4 Å². The van der Waals surface area contributed by atoms with Crippen molar-refractivity contribution in [3.8, 4) is 11.5 Å². The monoisotopic (exact) mass is 376 g/mol. The Morgan fingerprint density at radius 2 is 1.81 bits per heavy atom. The molecule has 144 valence electrons. The van der Waals surface area contributed by atoms with Crippen LogP contribution in [0.3, 0.4) is 0 Å². The van der Waals surface area contributed by atoms with Crippen LogP contribution in [0.2, 0.25) is 0 Å². The molecule has 0 unspecified atom stereocenters. The van der Waals surface area contributed by atoms with Crippen molar-refractivity contribution in [2.45, 2.75) is 19.3 Å². The molecule has 2 aromatic rings. The number of rotatable bonds is 7. The molecule has 1 heterocycles. The fourth-order valence-electron chi connectivity index (χ4n) is 2.72. The van der Waals surface area contributed by atoms with E-state index in [9.17, 15) is 4.79 Å². The molecular formula is C20H21FO6. The minimum Gasteiger partial charge on any atom is -0.497 e. The topological polar surface area (TPSA) is 63.2 Å². The SMILES string of the molecule is COC(=O)Cc1ccc(C2OCCO2)c(OCc2ccc(OC)cc2)c1F. The molecule has 3 rings (SSSR count). The summed E-state index contributed by atoms with van der Waals surface area (Å²) in [5.74, 6) is -0.417. The van der Waals surface area contributed by atoms with Gasteiger partial charge in [-0.2, -0.15) is 0 Å². The molecule has 0 radical (unpaired) electrons. The Morgan fingerprint density at radius 3 is 2.44 bits per heavy atom. The van der Waals surface area contributed by atoms with Crippen LogP contribution in [-0.2, 0) is 32.0 Å². The normalized spacial score (nSPS) is 14.2. The lowest BCUT2D eigenvalue weighted by Crippen LogP contribution is -2.11. The molecule has 0 spiro atoms. The van der Waals surface area contributed by atoms with Gasteiger partial charge in [0.1, 0.15) is 12.4 Å². The largest absolute Gasteiger partial charge is 0.497 e. The lowest BCUT2D eigenvalue weighted by molar-refractivity contribution is -0.139. The van der Waals surface area contributed by atoms with Gasteiger partial charge < -0.3 is 23.7 Å². The van der Waals surface area contributed by atoms with Gasteiger partial charge in [0.15, 0.2) is 17.9 Å². The zero-order valence-electron chi connectivity index (χ0n) is 15.2. The Kier molecular flexibility index (Phi) is 6.26. The second kappa shape index (κ2) is 8.83. The van der Waals surface area contributed by atoms with Crippen molar-refractivity contribution in [2.24, 2.45) is 0 Å². The number of esters is 1. The summed E-state index contributed by atoms with van der Waals surface area (Å²) in [5, 5.41) is 0. The Labute approximate surface area is 156 Å². The molecule has 1 saturated heterocycles. The van der Waals surface area contributed by atoms with Gasteiger partial charge in [0.2, 0.25) is 0 Å². The summed E-state index contributed by atoms with van der Waals surface area (Å²) in [7, 11) is 2.84. The molecule has 1 aliphatic heterocycles. The molecule has 0 N–H and O–H groups in total. The summed E-state index contributed by atoms with van der Waals surface area (Å²) in [6.07, 6.45) is -0.883. The third kappa shape index (κ3) is 4.56. The molecule has 0 saturated carbocycles. The number of hydrogen-bond acceptors (Lipinski definition) is 6. The van der Waals surface area contributed by atoms with Crippen molar-refractivity contribution < 1.29 is 32.9 Å². The van der Waals surface area contributed by atoms with Crippen LogP contribution >= 0.6 is 0 Å². The summed E-state index contributed by atoms with van der Waals surface area (Å²) in [5.41, 5.74) is 1.48. The lowest BCUT2D eigenvalue weighted by atomic mass is 10.1.